The van der Waals surface area contributed by atoms with Gasteiger partial charge in [-0.25, -0.2) is 0 Å². The maximum Gasteiger partial charge on any atom is 0.322 e. The molecule has 0 aliphatic carbocycles. The van der Waals surface area contributed by atoms with Crippen molar-refractivity contribution in [2.24, 2.45) is 0 Å². The van der Waals surface area contributed by atoms with Gasteiger partial charge in [0.1, 0.15) is 18.8 Å². The van der Waals surface area contributed by atoms with E-state index in [-0.39, 0.29) is 32.1 Å². The number of esters is 3. The van der Waals surface area contributed by atoms with Crippen molar-refractivity contribution in [2.45, 2.75) is 83.2 Å². The normalized spacial score (nSPS) is 20.5. The van der Waals surface area contributed by atoms with Crippen molar-refractivity contribution >= 4 is 17.9 Å². The van der Waals surface area contributed by atoms with Gasteiger partial charge >= 0.3 is 17.9 Å². The molecule has 0 saturated carbocycles. The van der Waals surface area contributed by atoms with E-state index in [2.05, 4.69) is 6.92 Å². The molecule has 0 bridgehead atoms. The molecule has 1 aliphatic heterocycles. The SMILES string of the molecule is CCCCCCCCCC(=O)O[C@@H]1C[C@H](OC(=O)CN(C)C)O[C@@H]1COC(=O)CN(C)C. The first kappa shape index (κ1) is 28.3. The molecule has 1 rings (SSSR count). The van der Waals surface area contributed by atoms with Crippen LogP contribution >= 0.6 is 0 Å². The number of nitrogens with zero attached hydrogens (tertiary/aromatic N) is 2. The first-order chi connectivity index (χ1) is 15.2. The minimum atomic E-state index is -0.837. The summed E-state index contributed by atoms with van der Waals surface area (Å²) < 4.78 is 21.9. The summed E-state index contributed by atoms with van der Waals surface area (Å²) in [6, 6.07) is 0. The summed E-state index contributed by atoms with van der Waals surface area (Å²) in [4.78, 5) is 39.5. The smallest absolute Gasteiger partial charge is 0.322 e. The number of hydrogen-bond donors (Lipinski definition) is 0. The lowest BCUT2D eigenvalue weighted by Gasteiger charge is -2.19. The molecule has 0 amide bonds. The Morgan fingerprint density at radius 1 is 0.812 bits per heavy atom. The molecule has 32 heavy (non-hydrogen) atoms. The zero-order chi connectivity index (χ0) is 23.9. The van der Waals surface area contributed by atoms with Crippen molar-refractivity contribution < 1.29 is 33.3 Å². The number of carbonyl (C=O) groups excluding carboxylic acids is 3. The van der Waals surface area contributed by atoms with Crippen LogP contribution in [0.15, 0.2) is 0 Å². The second-order valence-corrected chi connectivity index (χ2v) is 8.89. The molecule has 0 spiro atoms. The Morgan fingerprint density at radius 2 is 1.41 bits per heavy atom. The standard InChI is InChI=1S/C23H42N2O7/c1-6-7-8-9-10-11-12-13-20(26)30-18-14-23(32-22(28)16-25(4)5)31-19(18)17-29-21(27)15-24(2)3/h18-19,23H,6-17H2,1-5H3/t18-,19-,23+/m1/s1. The van der Waals surface area contributed by atoms with E-state index in [0.29, 0.717) is 6.42 Å². The van der Waals surface area contributed by atoms with Gasteiger partial charge in [0.25, 0.3) is 0 Å². The van der Waals surface area contributed by atoms with Crippen LogP contribution < -0.4 is 0 Å². The average molecular weight is 459 g/mol. The Morgan fingerprint density at radius 3 is 2.03 bits per heavy atom. The van der Waals surface area contributed by atoms with E-state index in [0.717, 1.165) is 19.3 Å². The predicted molar refractivity (Wildman–Crippen MR) is 120 cm³/mol. The number of carbonyl (C=O) groups is 3. The molecule has 0 aromatic carbocycles. The first-order valence-corrected chi connectivity index (χ1v) is 11.7. The van der Waals surface area contributed by atoms with Crippen LogP contribution in [0, 0.1) is 0 Å². The van der Waals surface area contributed by atoms with Gasteiger partial charge in [0.2, 0.25) is 6.29 Å². The van der Waals surface area contributed by atoms with Crippen LogP contribution in [0.5, 0.6) is 0 Å². The molecule has 1 fully saturated rings. The van der Waals surface area contributed by atoms with Gasteiger partial charge in [-0.3, -0.25) is 24.2 Å². The number of ether oxygens (including phenoxy) is 4. The topological polar surface area (TPSA) is 94.6 Å². The lowest BCUT2D eigenvalue weighted by Crippen LogP contribution is -2.34. The van der Waals surface area contributed by atoms with E-state index in [1.165, 1.54) is 25.7 Å². The van der Waals surface area contributed by atoms with Gasteiger partial charge in [-0.1, -0.05) is 45.4 Å². The highest BCUT2D eigenvalue weighted by Gasteiger charge is 2.40. The van der Waals surface area contributed by atoms with Crippen molar-refractivity contribution in [3.8, 4) is 0 Å². The minimum Gasteiger partial charge on any atom is -0.462 e. The summed E-state index contributed by atoms with van der Waals surface area (Å²) in [5, 5.41) is 0. The van der Waals surface area contributed by atoms with Crippen molar-refractivity contribution in [1.29, 1.82) is 0 Å². The Kier molecular flexibility index (Phi) is 14.2. The van der Waals surface area contributed by atoms with Crippen LogP contribution in [-0.2, 0) is 33.3 Å². The summed E-state index contributed by atoms with van der Waals surface area (Å²) in [6.07, 6.45) is 6.22. The number of rotatable bonds is 16. The van der Waals surface area contributed by atoms with Crippen LogP contribution in [-0.4, -0.2) is 94.1 Å². The van der Waals surface area contributed by atoms with Crippen molar-refractivity contribution in [1.82, 2.24) is 9.80 Å². The number of hydrogen-bond acceptors (Lipinski definition) is 9. The molecular formula is C23H42N2O7. The van der Waals surface area contributed by atoms with Crippen LogP contribution in [0.2, 0.25) is 0 Å². The molecule has 3 atom stereocenters. The minimum absolute atomic E-state index is 0.0657. The molecular weight excluding hydrogens is 416 g/mol. The zero-order valence-corrected chi connectivity index (χ0v) is 20.5. The monoisotopic (exact) mass is 458 g/mol. The number of unbranched alkanes of at least 4 members (excludes halogenated alkanes) is 6. The molecule has 0 radical (unpaired) electrons. The fourth-order valence-electron chi connectivity index (χ4n) is 3.40. The number of likely N-dealkylation sites (N-methyl/N-ethyl adjacent to an activating group) is 2. The molecule has 9 heteroatoms. The third kappa shape index (κ3) is 13.0. The van der Waals surface area contributed by atoms with Gasteiger partial charge in [0, 0.05) is 6.42 Å². The van der Waals surface area contributed by atoms with E-state index >= 15 is 0 Å². The van der Waals surface area contributed by atoms with Crippen LogP contribution in [0.4, 0.5) is 0 Å². The van der Waals surface area contributed by atoms with Crippen LogP contribution in [0.3, 0.4) is 0 Å². The zero-order valence-electron chi connectivity index (χ0n) is 20.5. The Labute approximate surface area is 192 Å². The summed E-state index contributed by atoms with van der Waals surface area (Å²) >= 11 is 0. The molecule has 0 aromatic rings. The van der Waals surface area contributed by atoms with Crippen molar-refractivity contribution in [3.63, 3.8) is 0 Å². The van der Waals surface area contributed by atoms with E-state index in [9.17, 15) is 14.4 Å². The maximum absolute atomic E-state index is 12.3. The lowest BCUT2D eigenvalue weighted by atomic mass is 10.1. The Balaban J connectivity index is 2.50. The summed E-state index contributed by atoms with van der Waals surface area (Å²) in [5.41, 5.74) is 0. The largest absolute Gasteiger partial charge is 0.462 e. The van der Waals surface area contributed by atoms with Gasteiger partial charge in [-0.15, -0.1) is 0 Å². The van der Waals surface area contributed by atoms with Gasteiger partial charge in [-0.2, -0.15) is 0 Å². The fourth-order valence-corrected chi connectivity index (χ4v) is 3.40. The quantitative estimate of drug-likeness (QED) is 0.196. The third-order valence-electron chi connectivity index (χ3n) is 5.00. The Hall–Kier alpha value is -1.71. The van der Waals surface area contributed by atoms with Gasteiger partial charge in [0.05, 0.1) is 19.5 Å². The highest BCUT2D eigenvalue weighted by Crippen LogP contribution is 2.25. The molecule has 0 N–H and O–H groups in total. The van der Waals surface area contributed by atoms with Gasteiger partial charge in [-0.05, 0) is 34.6 Å². The van der Waals surface area contributed by atoms with E-state index < -0.39 is 30.4 Å². The highest BCUT2D eigenvalue weighted by atomic mass is 16.7. The van der Waals surface area contributed by atoms with Crippen molar-refractivity contribution in [2.75, 3.05) is 47.9 Å². The average Bonchev–Trinajstić information content (AvgIpc) is 3.05. The summed E-state index contributed by atoms with van der Waals surface area (Å²) in [5.74, 6) is -1.14. The molecule has 9 nitrogen and oxygen atoms in total. The maximum atomic E-state index is 12.3. The Bertz CT molecular complexity index is 569. The van der Waals surface area contributed by atoms with E-state index in [4.69, 9.17) is 18.9 Å². The van der Waals surface area contributed by atoms with Crippen molar-refractivity contribution in [3.05, 3.63) is 0 Å². The predicted octanol–water partition coefficient (Wildman–Crippen LogP) is 2.36. The highest BCUT2D eigenvalue weighted by molar-refractivity contribution is 5.72. The van der Waals surface area contributed by atoms with Crippen LogP contribution in [0.25, 0.3) is 0 Å². The van der Waals surface area contributed by atoms with Gasteiger partial charge < -0.3 is 18.9 Å². The second-order valence-electron chi connectivity index (χ2n) is 8.89. The van der Waals surface area contributed by atoms with Gasteiger partial charge in [0.15, 0.2) is 0 Å². The third-order valence-corrected chi connectivity index (χ3v) is 5.00. The molecule has 1 saturated heterocycles. The molecule has 0 unspecified atom stereocenters. The summed E-state index contributed by atoms with van der Waals surface area (Å²) in [7, 11) is 7.06. The lowest BCUT2D eigenvalue weighted by molar-refractivity contribution is -0.183. The molecule has 186 valence electrons. The second kappa shape index (κ2) is 16.0. The van der Waals surface area contributed by atoms with E-state index in [1.807, 2.05) is 0 Å². The van der Waals surface area contributed by atoms with Crippen LogP contribution in [0.1, 0.15) is 64.7 Å². The van der Waals surface area contributed by atoms with E-state index in [1.54, 1.807) is 38.0 Å². The molecule has 1 aliphatic rings. The fraction of sp³-hybridized carbons (Fsp3) is 0.870. The molecule has 0 aromatic heterocycles. The molecule has 1 heterocycles. The summed E-state index contributed by atoms with van der Waals surface area (Å²) in [6.45, 7) is 2.37. The first-order valence-electron chi connectivity index (χ1n) is 11.7.